The van der Waals surface area contributed by atoms with E-state index in [1.54, 1.807) is 6.21 Å². The van der Waals surface area contributed by atoms with Crippen LogP contribution in [-0.2, 0) is 19.2 Å². The number of benzene rings is 3. The minimum Gasteiger partial charge on any atom is -0.376 e. The Morgan fingerprint density at radius 1 is 0.755 bits per heavy atom. The van der Waals surface area contributed by atoms with Gasteiger partial charge >= 0.3 is 0 Å². The highest BCUT2D eigenvalue weighted by Gasteiger charge is 2.29. The largest absolute Gasteiger partial charge is 0.376 e. The molecule has 4 aromatic rings. The second-order valence-corrected chi connectivity index (χ2v) is 11.5. The number of unbranched alkanes of at least 4 members (excludes halogenated alkanes) is 1. The summed E-state index contributed by atoms with van der Waals surface area (Å²) in [4.78, 5) is 64.1. The zero-order valence-corrected chi connectivity index (χ0v) is 26.9. The molecule has 1 unspecified atom stereocenters. The van der Waals surface area contributed by atoms with Crippen molar-refractivity contribution in [1.82, 2.24) is 20.9 Å². The number of amides is 4. The van der Waals surface area contributed by atoms with E-state index in [9.17, 15) is 19.2 Å². The second kappa shape index (κ2) is 16.9. The van der Waals surface area contributed by atoms with Gasteiger partial charge in [-0.1, -0.05) is 36.4 Å². The van der Waals surface area contributed by atoms with Crippen LogP contribution in [0.2, 0.25) is 0 Å². The first-order valence-corrected chi connectivity index (χ1v) is 16.1. The number of pyridine rings is 1. The Bertz CT molecular complexity index is 1790. The second-order valence-electron chi connectivity index (χ2n) is 11.5. The fourth-order valence-corrected chi connectivity index (χ4v) is 5.42. The molecule has 0 spiro atoms. The molecular weight excluding hydrogens is 624 g/mol. The number of rotatable bonds is 16. The standard InChI is InChI=1S/C35H40N10O4/c36-16-6-5-11-29(44-35(49)30(43-31(46)18-37)17-24-19-38-21-40-24)34(48)45-32(47)20-39-22-12-14-23(15-13-22)41-33-25-7-1-3-9-27(25)42-28-10-4-2-8-26(28)33/h1-4,7-10,12-15,19,21,24,29-30,39H,5-6,11,16-18,20,36-37H2,(H,41,42)(H,43,46)(H,44,49)(H,45,47,48)/t24?,29-,30-/m0/s1. The third-order valence-electron chi connectivity index (χ3n) is 7.93. The molecule has 14 nitrogen and oxygen atoms in total. The van der Waals surface area contributed by atoms with Gasteiger partial charge in [0.2, 0.25) is 23.6 Å². The monoisotopic (exact) mass is 664 g/mol. The summed E-state index contributed by atoms with van der Waals surface area (Å²) < 4.78 is 0. The van der Waals surface area contributed by atoms with Crippen LogP contribution in [0, 0.1) is 0 Å². The number of imide groups is 1. The number of fused-ring (bicyclic) bond motifs is 2. The molecule has 0 saturated heterocycles. The van der Waals surface area contributed by atoms with E-state index < -0.39 is 41.8 Å². The molecule has 1 aliphatic rings. The Kier molecular flexibility index (Phi) is 11.9. The number of carbonyl (C=O) groups is 4. The van der Waals surface area contributed by atoms with Crippen LogP contribution in [0.3, 0.4) is 0 Å². The number of para-hydroxylation sites is 2. The molecule has 5 rings (SSSR count). The number of hydrogen-bond donors (Lipinski definition) is 7. The quantitative estimate of drug-likeness (QED) is 0.0688. The zero-order chi connectivity index (χ0) is 34.6. The smallest absolute Gasteiger partial charge is 0.249 e. The Morgan fingerprint density at radius 2 is 1.43 bits per heavy atom. The molecule has 254 valence electrons. The van der Waals surface area contributed by atoms with Gasteiger partial charge in [0, 0.05) is 34.8 Å². The molecule has 3 atom stereocenters. The zero-order valence-electron chi connectivity index (χ0n) is 26.9. The van der Waals surface area contributed by atoms with E-state index in [4.69, 9.17) is 16.5 Å². The molecule has 4 amide bonds. The topological polar surface area (TPSA) is 218 Å². The fraction of sp³-hybridized carbons (Fsp3) is 0.286. The SMILES string of the molecule is NCCCC[C@H](NC(=O)[C@H](CC1C=NC=N1)NC(=O)CN)C(=O)NC(=O)CNc1ccc(Nc2c3ccccc3nc3ccccc23)cc1. The van der Waals surface area contributed by atoms with Gasteiger partial charge in [0.25, 0.3) is 0 Å². The highest BCUT2D eigenvalue weighted by molar-refractivity contribution is 6.08. The van der Waals surface area contributed by atoms with E-state index in [0.717, 1.165) is 33.2 Å². The van der Waals surface area contributed by atoms with Crippen molar-refractivity contribution in [2.75, 3.05) is 30.3 Å². The van der Waals surface area contributed by atoms with Crippen molar-refractivity contribution in [2.24, 2.45) is 21.5 Å². The van der Waals surface area contributed by atoms with Crippen LogP contribution in [0.4, 0.5) is 17.1 Å². The van der Waals surface area contributed by atoms with Gasteiger partial charge in [-0.05, 0) is 62.2 Å². The Labute approximate surface area is 283 Å². The average molecular weight is 665 g/mol. The van der Waals surface area contributed by atoms with Gasteiger partial charge in [-0.15, -0.1) is 0 Å². The van der Waals surface area contributed by atoms with E-state index in [1.807, 2.05) is 72.8 Å². The van der Waals surface area contributed by atoms with Crippen LogP contribution in [-0.4, -0.2) is 78.9 Å². The van der Waals surface area contributed by atoms with E-state index in [-0.39, 0.29) is 25.9 Å². The summed E-state index contributed by atoms with van der Waals surface area (Å²) in [6.07, 6.45) is 4.44. The number of nitrogens with two attached hydrogens (primary N) is 2. The summed E-state index contributed by atoms with van der Waals surface area (Å²) in [7, 11) is 0. The van der Waals surface area contributed by atoms with Crippen LogP contribution >= 0.6 is 0 Å². The van der Waals surface area contributed by atoms with Crippen LogP contribution in [0.15, 0.2) is 82.8 Å². The predicted octanol–water partition coefficient (Wildman–Crippen LogP) is 2.12. The third-order valence-corrected chi connectivity index (χ3v) is 7.93. The molecule has 0 fully saturated rings. The molecule has 9 N–H and O–H groups in total. The molecule has 0 radical (unpaired) electrons. The van der Waals surface area contributed by atoms with Gasteiger partial charge in [-0.2, -0.15) is 0 Å². The van der Waals surface area contributed by atoms with Gasteiger partial charge in [0.15, 0.2) is 0 Å². The summed E-state index contributed by atoms with van der Waals surface area (Å²) >= 11 is 0. The van der Waals surface area contributed by atoms with Gasteiger partial charge in [-0.3, -0.25) is 29.5 Å². The lowest BCUT2D eigenvalue weighted by atomic mass is 10.0. The summed E-state index contributed by atoms with van der Waals surface area (Å²) in [5.41, 5.74) is 15.3. The molecule has 0 bridgehead atoms. The number of carbonyl (C=O) groups excluding carboxylic acids is 4. The summed E-state index contributed by atoms with van der Waals surface area (Å²) in [5, 5.41) is 16.2. The molecule has 14 heteroatoms. The number of aromatic nitrogens is 1. The first kappa shape index (κ1) is 34.6. The van der Waals surface area contributed by atoms with Crippen LogP contribution in [0.5, 0.6) is 0 Å². The molecule has 0 saturated carbocycles. The lowest BCUT2D eigenvalue weighted by Gasteiger charge is -2.23. The Balaban J connectivity index is 1.18. The van der Waals surface area contributed by atoms with Crippen LogP contribution < -0.4 is 38.1 Å². The van der Waals surface area contributed by atoms with Crippen molar-refractivity contribution in [3.63, 3.8) is 0 Å². The number of anilines is 3. The van der Waals surface area contributed by atoms with Crippen molar-refractivity contribution in [3.05, 3.63) is 72.8 Å². The maximum Gasteiger partial charge on any atom is 0.249 e. The molecule has 3 aromatic carbocycles. The Morgan fingerprint density at radius 3 is 2.06 bits per heavy atom. The Hall–Kier alpha value is -5.73. The van der Waals surface area contributed by atoms with Crippen LogP contribution in [0.25, 0.3) is 21.8 Å². The molecule has 0 aliphatic carbocycles. The first-order chi connectivity index (χ1) is 23.8. The lowest BCUT2D eigenvalue weighted by molar-refractivity contribution is -0.134. The van der Waals surface area contributed by atoms with Crippen molar-refractivity contribution < 1.29 is 19.2 Å². The average Bonchev–Trinajstić information content (AvgIpc) is 3.63. The highest BCUT2D eigenvalue weighted by atomic mass is 16.2. The van der Waals surface area contributed by atoms with Gasteiger partial charge in [-0.25, -0.2) is 9.98 Å². The van der Waals surface area contributed by atoms with E-state index in [0.29, 0.717) is 25.1 Å². The van der Waals surface area contributed by atoms with E-state index in [1.165, 1.54) is 6.34 Å². The minimum absolute atomic E-state index is 0.127. The summed E-state index contributed by atoms with van der Waals surface area (Å²) in [6.45, 7) is -0.0920. The van der Waals surface area contributed by atoms with E-state index in [2.05, 4.69) is 36.6 Å². The molecule has 49 heavy (non-hydrogen) atoms. The van der Waals surface area contributed by atoms with E-state index >= 15 is 0 Å². The summed E-state index contributed by atoms with van der Waals surface area (Å²) in [5.74, 6) is -2.38. The highest BCUT2D eigenvalue weighted by Crippen LogP contribution is 2.33. The van der Waals surface area contributed by atoms with Gasteiger partial charge < -0.3 is 32.7 Å². The maximum atomic E-state index is 13.2. The minimum atomic E-state index is -1.04. The van der Waals surface area contributed by atoms with Crippen molar-refractivity contribution >= 4 is 75.0 Å². The molecule has 1 aromatic heterocycles. The predicted molar refractivity (Wildman–Crippen MR) is 192 cm³/mol. The molecule has 2 heterocycles. The number of aliphatic imine (C=N–C) groups is 2. The number of nitrogens with zero attached hydrogens (tertiary/aromatic N) is 3. The van der Waals surface area contributed by atoms with Crippen molar-refractivity contribution in [1.29, 1.82) is 0 Å². The van der Waals surface area contributed by atoms with Crippen molar-refractivity contribution in [2.45, 2.75) is 43.8 Å². The first-order valence-electron chi connectivity index (χ1n) is 16.1. The lowest BCUT2D eigenvalue weighted by Crippen LogP contribution is -2.56. The number of hydrogen-bond acceptors (Lipinski definition) is 11. The maximum absolute atomic E-state index is 13.2. The molecular formula is C35H40N10O4. The van der Waals surface area contributed by atoms with Crippen molar-refractivity contribution in [3.8, 4) is 0 Å². The van der Waals surface area contributed by atoms with Gasteiger partial charge in [0.1, 0.15) is 18.4 Å². The number of nitrogens with one attached hydrogen (secondary N) is 5. The van der Waals surface area contributed by atoms with Crippen LogP contribution in [0.1, 0.15) is 25.7 Å². The normalized spacial score (nSPS) is 14.7. The fourth-order valence-electron chi connectivity index (χ4n) is 5.42. The molecule has 1 aliphatic heterocycles. The van der Waals surface area contributed by atoms with Gasteiger partial charge in [0.05, 0.1) is 35.9 Å². The third kappa shape index (κ3) is 9.43. The summed E-state index contributed by atoms with van der Waals surface area (Å²) in [6, 6.07) is 20.9.